The maximum absolute atomic E-state index is 13.3. The van der Waals surface area contributed by atoms with Crippen LogP contribution >= 0.6 is 15.9 Å². The van der Waals surface area contributed by atoms with Gasteiger partial charge >= 0.3 is 0 Å². The van der Waals surface area contributed by atoms with Gasteiger partial charge in [-0.2, -0.15) is 0 Å². The summed E-state index contributed by atoms with van der Waals surface area (Å²) in [6.07, 6.45) is 3.63. The lowest BCUT2D eigenvalue weighted by Crippen LogP contribution is -2.35. The lowest BCUT2D eigenvalue weighted by atomic mass is 10.0. The van der Waals surface area contributed by atoms with Gasteiger partial charge < -0.3 is 11.1 Å². The monoisotopic (exact) mass is 314 g/mol. The summed E-state index contributed by atoms with van der Waals surface area (Å²) in [7, 11) is 0. The Bertz CT molecular complexity index is 411. The minimum absolute atomic E-state index is 0.0189. The van der Waals surface area contributed by atoms with Crippen molar-refractivity contribution in [1.82, 2.24) is 5.32 Å². The molecule has 1 aliphatic rings. The van der Waals surface area contributed by atoms with Gasteiger partial charge in [0.05, 0.1) is 0 Å². The Kier molecular flexibility index (Phi) is 4.76. The second-order valence-corrected chi connectivity index (χ2v) is 6.09. The van der Waals surface area contributed by atoms with E-state index in [1.54, 1.807) is 12.1 Å². The predicted octanol–water partition coefficient (Wildman–Crippen LogP) is 3.37. The molecule has 1 aromatic carbocycles. The largest absolute Gasteiger partial charge is 0.329 e. The summed E-state index contributed by atoms with van der Waals surface area (Å²) < 4.78 is 14.2. The molecule has 0 aliphatic heterocycles. The first-order chi connectivity index (χ1) is 8.60. The summed E-state index contributed by atoms with van der Waals surface area (Å²) >= 11 is 3.47. The Hall–Kier alpha value is -0.450. The summed E-state index contributed by atoms with van der Waals surface area (Å²) in [5.74, 6) is 0.560. The summed E-state index contributed by atoms with van der Waals surface area (Å²) in [6.45, 7) is 2.75. The van der Waals surface area contributed by atoms with Crippen molar-refractivity contribution in [2.24, 2.45) is 11.7 Å². The van der Waals surface area contributed by atoms with Gasteiger partial charge in [0.2, 0.25) is 0 Å². The van der Waals surface area contributed by atoms with Gasteiger partial charge in [-0.1, -0.05) is 22.9 Å². The summed E-state index contributed by atoms with van der Waals surface area (Å²) in [6, 6.07) is 5.28. The van der Waals surface area contributed by atoms with Crippen LogP contribution < -0.4 is 11.1 Å². The molecule has 0 saturated heterocycles. The Morgan fingerprint density at radius 3 is 2.89 bits per heavy atom. The number of benzene rings is 1. The number of nitrogens with one attached hydrogen (secondary N) is 1. The Balaban J connectivity index is 2.10. The molecule has 0 spiro atoms. The van der Waals surface area contributed by atoms with Crippen LogP contribution in [-0.4, -0.2) is 12.6 Å². The number of hydrogen-bond donors (Lipinski definition) is 2. The van der Waals surface area contributed by atoms with Crippen molar-refractivity contribution in [1.29, 1.82) is 0 Å². The highest BCUT2D eigenvalue weighted by molar-refractivity contribution is 9.10. The van der Waals surface area contributed by atoms with Gasteiger partial charge in [0, 0.05) is 23.1 Å². The molecule has 3 N–H and O–H groups in total. The van der Waals surface area contributed by atoms with Gasteiger partial charge in [-0.25, -0.2) is 4.39 Å². The third-order valence-corrected chi connectivity index (χ3v) is 4.42. The molecule has 18 heavy (non-hydrogen) atoms. The highest BCUT2D eigenvalue weighted by Gasteiger charge is 2.24. The van der Waals surface area contributed by atoms with Gasteiger partial charge in [-0.15, -0.1) is 0 Å². The van der Waals surface area contributed by atoms with E-state index >= 15 is 0 Å². The van der Waals surface area contributed by atoms with Gasteiger partial charge in [0.15, 0.2) is 0 Å². The van der Waals surface area contributed by atoms with Gasteiger partial charge in [0.1, 0.15) is 5.82 Å². The molecule has 2 rings (SSSR count). The fourth-order valence-electron chi connectivity index (χ4n) is 2.71. The number of hydrogen-bond acceptors (Lipinski definition) is 2. The minimum Gasteiger partial charge on any atom is -0.329 e. The van der Waals surface area contributed by atoms with Gasteiger partial charge in [-0.3, -0.25) is 0 Å². The molecule has 0 amide bonds. The number of rotatable bonds is 4. The van der Waals surface area contributed by atoms with Crippen LogP contribution in [0.5, 0.6) is 0 Å². The number of halogens is 2. The molecule has 0 aromatic heterocycles. The second-order valence-electron chi connectivity index (χ2n) is 5.24. The average molecular weight is 315 g/mol. The Morgan fingerprint density at radius 2 is 2.28 bits per heavy atom. The summed E-state index contributed by atoms with van der Waals surface area (Å²) in [4.78, 5) is 0. The van der Waals surface area contributed by atoms with E-state index in [1.807, 2.05) is 0 Å². The van der Waals surface area contributed by atoms with Crippen molar-refractivity contribution < 1.29 is 4.39 Å². The summed E-state index contributed by atoms with van der Waals surface area (Å²) in [5.41, 5.74) is 6.74. The van der Waals surface area contributed by atoms with Crippen LogP contribution in [0.3, 0.4) is 0 Å². The van der Waals surface area contributed by atoms with Crippen LogP contribution in [0.4, 0.5) is 4.39 Å². The zero-order valence-electron chi connectivity index (χ0n) is 10.6. The first kappa shape index (κ1) is 14.0. The third-order valence-electron chi connectivity index (χ3n) is 3.70. The predicted molar refractivity (Wildman–Crippen MR) is 75.8 cm³/mol. The van der Waals surface area contributed by atoms with E-state index in [0.717, 1.165) is 16.0 Å². The zero-order chi connectivity index (χ0) is 13.1. The zero-order valence-corrected chi connectivity index (χ0v) is 12.2. The Labute approximate surface area is 116 Å². The molecule has 1 fully saturated rings. The smallest absolute Gasteiger partial charge is 0.123 e. The van der Waals surface area contributed by atoms with E-state index in [1.165, 1.54) is 25.3 Å². The van der Waals surface area contributed by atoms with E-state index in [2.05, 4.69) is 28.2 Å². The molecule has 3 unspecified atom stereocenters. The van der Waals surface area contributed by atoms with Crippen molar-refractivity contribution in [3.63, 3.8) is 0 Å². The molecule has 4 heteroatoms. The van der Waals surface area contributed by atoms with Crippen LogP contribution in [0, 0.1) is 11.7 Å². The van der Waals surface area contributed by atoms with Crippen LogP contribution in [0.15, 0.2) is 22.7 Å². The quantitative estimate of drug-likeness (QED) is 0.894. The number of nitrogens with two attached hydrogens (primary N) is 1. The van der Waals surface area contributed by atoms with Gasteiger partial charge in [-0.05, 0) is 48.9 Å². The molecule has 1 saturated carbocycles. The maximum atomic E-state index is 13.3. The van der Waals surface area contributed by atoms with E-state index in [0.29, 0.717) is 12.6 Å². The highest BCUT2D eigenvalue weighted by atomic mass is 79.9. The SMILES string of the molecule is CC1CCC(NC(CN)c2cc(F)ccc2Br)C1. The molecule has 100 valence electrons. The fraction of sp³-hybridized carbons (Fsp3) is 0.571. The minimum atomic E-state index is -0.215. The molecular weight excluding hydrogens is 295 g/mol. The summed E-state index contributed by atoms with van der Waals surface area (Å²) in [5, 5.41) is 3.56. The highest BCUT2D eigenvalue weighted by Crippen LogP contribution is 2.29. The standard InChI is InChI=1S/C14H20BrFN2/c1-9-2-4-11(6-9)18-14(8-17)12-7-10(16)3-5-13(12)15/h3,5,7,9,11,14,18H,2,4,6,8,17H2,1H3. The van der Waals surface area contributed by atoms with E-state index < -0.39 is 0 Å². The van der Waals surface area contributed by atoms with Crippen molar-refractivity contribution in [3.05, 3.63) is 34.1 Å². The topological polar surface area (TPSA) is 38.0 Å². The third kappa shape index (κ3) is 3.31. The maximum Gasteiger partial charge on any atom is 0.123 e. The van der Waals surface area contributed by atoms with Crippen LogP contribution in [0.2, 0.25) is 0 Å². The van der Waals surface area contributed by atoms with Crippen LogP contribution in [0.1, 0.15) is 37.8 Å². The molecule has 1 aliphatic carbocycles. The average Bonchev–Trinajstić information content (AvgIpc) is 2.75. The molecule has 0 heterocycles. The molecular formula is C14H20BrFN2. The second kappa shape index (κ2) is 6.13. The Morgan fingerprint density at radius 1 is 1.50 bits per heavy atom. The first-order valence-electron chi connectivity index (χ1n) is 6.51. The molecule has 3 atom stereocenters. The van der Waals surface area contributed by atoms with Crippen molar-refractivity contribution >= 4 is 15.9 Å². The molecule has 1 aromatic rings. The molecule has 0 radical (unpaired) electrons. The molecule has 0 bridgehead atoms. The van der Waals surface area contributed by atoms with Gasteiger partial charge in [0.25, 0.3) is 0 Å². The van der Waals surface area contributed by atoms with Crippen molar-refractivity contribution in [3.8, 4) is 0 Å². The first-order valence-corrected chi connectivity index (χ1v) is 7.30. The van der Waals surface area contributed by atoms with E-state index in [9.17, 15) is 4.39 Å². The fourth-order valence-corrected chi connectivity index (χ4v) is 3.23. The molecule has 2 nitrogen and oxygen atoms in total. The van der Waals surface area contributed by atoms with E-state index in [-0.39, 0.29) is 11.9 Å². The van der Waals surface area contributed by atoms with Crippen molar-refractivity contribution in [2.45, 2.75) is 38.3 Å². The lowest BCUT2D eigenvalue weighted by Gasteiger charge is -2.23. The van der Waals surface area contributed by atoms with Crippen molar-refractivity contribution in [2.75, 3.05) is 6.54 Å². The van der Waals surface area contributed by atoms with Crippen LogP contribution in [0.25, 0.3) is 0 Å². The van der Waals surface area contributed by atoms with E-state index in [4.69, 9.17) is 5.73 Å². The lowest BCUT2D eigenvalue weighted by molar-refractivity contribution is 0.432. The van der Waals surface area contributed by atoms with Crippen LogP contribution in [-0.2, 0) is 0 Å². The normalized spacial score (nSPS) is 25.3.